The molecule has 4 nitrogen and oxygen atoms in total. The van der Waals surface area contributed by atoms with Crippen LogP contribution >= 0.6 is 0 Å². The number of rotatable bonds is 5. The smallest absolute Gasteiger partial charge is 0.0922 e. The number of H-pyrrole nitrogens is 1. The van der Waals surface area contributed by atoms with Gasteiger partial charge >= 0.3 is 0 Å². The van der Waals surface area contributed by atoms with Crippen molar-refractivity contribution in [3.05, 3.63) is 18.2 Å². The van der Waals surface area contributed by atoms with E-state index in [-0.39, 0.29) is 0 Å². The van der Waals surface area contributed by atoms with Gasteiger partial charge in [0, 0.05) is 31.0 Å². The van der Waals surface area contributed by atoms with E-state index in [0.717, 1.165) is 12.5 Å². The number of aromatic amines is 1. The van der Waals surface area contributed by atoms with E-state index < -0.39 is 0 Å². The normalized spacial score (nSPS) is 21.3. The van der Waals surface area contributed by atoms with E-state index in [2.05, 4.69) is 34.0 Å². The molecule has 4 heteroatoms. The molecule has 0 bridgehead atoms. The van der Waals surface area contributed by atoms with Crippen molar-refractivity contribution >= 4 is 0 Å². The maximum absolute atomic E-state index is 4.09. The molecule has 0 aliphatic carbocycles. The second kappa shape index (κ2) is 6.17. The lowest BCUT2D eigenvalue weighted by Crippen LogP contribution is -2.40. The van der Waals surface area contributed by atoms with Crippen molar-refractivity contribution in [3.63, 3.8) is 0 Å². The summed E-state index contributed by atoms with van der Waals surface area (Å²) in [5.74, 6) is 0.800. The van der Waals surface area contributed by atoms with Gasteiger partial charge in [-0.2, -0.15) is 0 Å². The van der Waals surface area contributed by atoms with Crippen LogP contribution in [0.1, 0.15) is 32.4 Å². The summed E-state index contributed by atoms with van der Waals surface area (Å²) in [5, 5.41) is 3.49. The van der Waals surface area contributed by atoms with E-state index in [1.54, 1.807) is 6.33 Å². The Balaban J connectivity index is 1.87. The molecule has 1 unspecified atom stereocenters. The number of imidazole rings is 1. The van der Waals surface area contributed by atoms with Gasteiger partial charge in [-0.3, -0.25) is 4.90 Å². The van der Waals surface area contributed by atoms with Crippen LogP contribution in [0.5, 0.6) is 0 Å². The standard InChI is InChI=1S/C13H24N4/c1-11(2)17(9-13-7-15-10-16-13)8-12-4-3-5-14-6-12/h7,10-12,14H,3-6,8-9H2,1-2H3,(H,15,16). The Bertz CT molecular complexity index is 301. The van der Waals surface area contributed by atoms with Gasteiger partial charge in [0.05, 0.1) is 6.33 Å². The van der Waals surface area contributed by atoms with E-state index in [9.17, 15) is 0 Å². The number of nitrogens with one attached hydrogen (secondary N) is 2. The second-order valence-electron chi connectivity index (χ2n) is 5.31. The summed E-state index contributed by atoms with van der Waals surface area (Å²) in [6.45, 7) is 9.07. The average Bonchev–Trinajstić information content (AvgIpc) is 2.82. The Morgan fingerprint density at radius 2 is 2.41 bits per heavy atom. The Kier molecular flexibility index (Phi) is 4.57. The van der Waals surface area contributed by atoms with E-state index in [1.807, 2.05) is 6.20 Å². The third kappa shape index (κ3) is 3.82. The van der Waals surface area contributed by atoms with Crippen LogP contribution in [0.15, 0.2) is 12.5 Å². The third-order valence-corrected chi connectivity index (χ3v) is 3.55. The SMILES string of the molecule is CC(C)N(Cc1cnc[nH]1)CC1CCCNC1. The zero-order chi connectivity index (χ0) is 12.1. The molecule has 1 aliphatic heterocycles. The summed E-state index contributed by atoms with van der Waals surface area (Å²) in [6.07, 6.45) is 6.37. The molecule has 0 radical (unpaired) electrons. The fourth-order valence-corrected chi connectivity index (χ4v) is 2.46. The Morgan fingerprint density at radius 3 is 3.00 bits per heavy atom. The van der Waals surface area contributed by atoms with Gasteiger partial charge in [-0.05, 0) is 45.7 Å². The van der Waals surface area contributed by atoms with E-state index in [0.29, 0.717) is 6.04 Å². The summed E-state index contributed by atoms with van der Waals surface area (Å²) < 4.78 is 0. The minimum absolute atomic E-state index is 0.584. The first kappa shape index (κ1) is 12.6. The fraction of sp³-hybridized carbons (Fsp3) is 0.769. The van der Waals surface area contributed by atoms with Gasteiger partial charge in [0.15, 0.2) is 0 Å². The van der Waals surface area contributed by atoms with E-state index in [4.69, 9.17) is 0 Å². The maximum Gasteiger partial charge on any atom is 0.0922 e. The van der Waals surface area contributed by atoms with Crippen LogP contribution in [-0.2, 0) is 6.54 Å². The molecule has 1 aromatic heterocycles. The maximum atomic E-state index is 4.09. The first-order valence-electron chi connectivity index (χ1n) is 6.67. The number of hydrogen-bond donors (Lipinski definition) is 2. The van der Waals surface area contributed by atoms with Crippen molar-refractivity contribution in [1.29, 1.82) is 0 Å². The highest BCUT2D eigenvalue weighted by Gasteiger charge is 2.19. The monoisotopic (exact) mass is 236 g/mol. The lowest BCUT2D eigenvalue weighted by molar-refractivity contribution is 0.162. The number of aromatic nitrogens is 2. The van der Waals surface area contributed by atoms with Gasteiger partial charge in [-0.1, -0.05) is 0 Å². The number of piperidine rings is 1. The highest BCUT2D eigenvalue weighted by Crippen LogP contribution is 2.15. The molecular weight excluding hydrogens is 212 g/mol. The third-order valence-electron chi connectivity index (χ3n) is 3.55. The average molecular weight is 236 g/mol. The topological polar surface area (TPSA) is 44.0 Å². The van der Waals surface area contributed by atoms with Crippen molar-refractivity contribution < 1.29 is 0 Å². The minimum atomic E-state index is 0.584. The zero-order valence-electron chi connectivity index (χ0n) is 10.9. The molecule has 0 spiro atoms. The van der Waals surface area contributed by atoms with E-state index >= 15 is 0 Å². The summed E-state index contributed by atoms with van der Waals surface area (Å²) in [4.78, 5) is 9.81. The fourth-order valence-electron chi connectivity index (χ4n) is 2.46. The lowest BCUT2D eigenvalue weighted by Gasteiger charge is -2.32. The van der Waals surface area contributed by atoms with Crippen LogP contribution < -0.4 is 5.32 Å². The molecule has 1 fully saturated rings. The molecule has 0 amide bonds. The predicted octanol–water partition coefficient (Wildman–Crippen LogP) is 1.62. The van der Waals surface area contributed by atoms with Crippen LogP contribution in [0, 0.1) is 5.92 Å². The summed E-state index contributed by atoms with van der Waals surface area (Å²) in [5.41, 5.74) is 1.21. The largest absolute Gasteiger partial charge is 0.347 e. The molecule has 1 aromatic rings. The van der Waals surface area contributed by atoms with Gasteiger partial charge in [0.1, 0.15) is 0 Å². The van der Waals surface area contributed by atoms with E-state index in [1.165, 1.54) is 38.2 Å². The van der Waals surface area contributed by atoms with Crippen molar-refractivity contribution in [2.24, 2.45) is 5.92 Å². The highest BCUT2D eigenvalue weighted by molar-refractivity contribution is 4.94. The molecule has 17 heavy (non-hydrogen) atoms. The molecule has 1 aliphatic rings. The molecule has 2 heterocycles. The summed E-state index contributed by atoms with van der Waals surface area (Å²) in [6, 6.07) is 0.584. The zero-order valence-corrected chi connectivity index (χ0v) is 10.9. The van der Waals surface area contributed by atoms with Gasteiger partial charge < -0.3 is 10.3 Å². The highest BCUT2D eigenvalue weighted by atomic mass is 15.2. The van der Waals surface area contributed by atoms with Crippen LogP contribution in [0.3, 0.4) is 0 Å². The molecular formula is C13H24N4. The van der Waals surface area contributed by atoms with Crippen LogP contribution in [0.2, 0.25) is 0 Å². The Labute approximate surface area is 104 Å². The van der Waals surface area contributed by atoms with Gasteiger partial charge in [-0.15, -0.1) is 0 Å². The summed E-state index contributed by atoms with van der Waals surface area (Å²) in [7, 11) is 0. The Morgan fingerprint density at radius 1 is 1.53 bits per heavy atom. The summed E-state index contributed by atoms with van der Waals surface area (Å²) >= 11 is 0. The quantitative estimate of drug-likeness (QED) is 0.816. The molecule has 0 aromatic carbocycles. The first-order chi connectivity index (χ1) is 8.25. The lowest BCUT2D eigenvalue weighted by atomic mass is 9.98. The van der Waals surface area contributed by atoms with Crippen molar-refractivity contribution in [3.8, 4) is 0 Å². The predicted molar refractivity (Wildman–Crippen MR) is 69.7 cm³/mol. The number of nitrogens with zero attached hydrogens (tertiary/aromatic N) is 2. The van der Waals surface area contributed by atoms with Gasteiger partial charge in [0.2, 0.25) is 0 Å². The Hall–Kier alpha value is -0.870. The van der Waals surface area contributed by atoms with Crippen molar-refractivity contribution in [2.75, 3.05) is 19.6 Å². The van der Waals surface area contributed by atoms with Crippen molar-refractivity contribution in [1.82, 2.24) is 20.2 Å². The molecule has 2 rings (SSSR count). The molecule has 1 atom stereocenters. The second-order valence-corrected chi connectivity index (χ2v) is 5.31. The number of hydrogen-bond acceptors (Lipinski definition) is 3. The molecule has 2 N–H and O–H groups in total. The molecule has 96 valence electrons. The minimum Gasteiger partial charge on any atom is -0.347 e. The van der Waals surface area contributed by atoms with Crippen molar-refractivity contribution in [2.45, 2.75) is 39.3 Å². The van der Waals surface area contributed by atoms with Gasteiger partial charge in [-0.25, -0.2) is 4.98 Å². The van der Waals surface area contributed by atoms with Crippen LogP contribution in [-0.4, -0.2) is 40.5 Å². The van der Waals surface area contributed by atoms with Gasteiger partial charge in [0.25, 0.3) is 0 Å². The van der Waals surface area contributed by atoms with Crippen LogP contribution in [0.25, 0.3) is 0 Å². The first-order valence-corrected chi connectivity index (χ1v) is 6.67. The molecule has 0 saturated carbocycles. The van der Waals surface area contributed by atoms with Crippen LogP contribution in [0.4, 0.5) is 0 Å². The molecule has 1 saturated heterocycles.